The Morgan fingerprint density at radius 3 is 2.78 bits per heavy atom. The van der Waals surface area contributed by atoms with Crippen molar-refractivity contribution in [2.24, 2.45) is 11.8 Å². The van der Waals surface area contributed by atoms with Crippen LogP contribution in [0.1, 0.15) is 45.4 Å². The van der Waals surface area contributed by atoms with Crippen molar-refractivity contribution in [1.82, 2.24) is 5.32 Å². The molecule has 0 spiro atoms. The molecule has 0 radical (unpaired) electrons. The molecule has 2 rings (SSSR count). The Hall–Kier alpha value is -0.220. The Balaban J connectivity index is 1.76. The molecule has 2 N–H and O–H groups in total. The fraction of sp³-hybridized carbons (Fsp3) is 0.929. The highest BCUT2D eigenvalue weighted by Gasteiger charge is 2.37. The van der Waals surface area contributed by atoms with Crippen LogP contribution >= 0.6 is 11.8 Å². The highest BCUT2D eigenvalue weighted by atomic mass is 32.2. The standard InChI is InChI=1S/C14H25NO2S/c1-11-3-2-4-12(9-11)10-15-13(16)14(17)5-7-18-8-6-14/h11-12,17H,2-10H2,1H3,(H,15,16). The molecule has 2 unspecified atom stereocenters. The summed E-state index contributed by atoms with van der Waals surface area (Å²) in [4.78, 5) is 12.1. The van der Waals surface area contributed by atoms with Gasteiger partial charge in [-0.3, -0.25) is 4.79 Å². The average Bonchev–Trinajstić information content (AvgIpc) is 2.37. The van der Waals surface area contributed by atoms with Gasteiger partial charge >= 0.3 is 0 Å². The van der Waals surface area contributed by atoms with Gasteiger partial charge in [-0.05, 0) is 49.0 Å². The number of amides is 1. The van der Waals surface area contributed by atoms with E-state index in [1.165, 1.54) is 25.7 Å². The third-order valence-corrected chi connectivity index (χ3v) is 5.32. The van der Waals surface area contributed by atoms with E-state index in [1.807, 2.05) is 11.8 Å². The first kappa shape index (κ1) is 14.2. The zero-order valence-corrected chi connectivity index (χ0v) is 12.1. The second-order valence-corrected chi connectivity index (χ2v) is 7.22. The Labute approximate surface area is 114 Å². The lowest BCUT2D eigenvalue weighted by Gasteiger charge is -2.32. The Bertz CT molecular complexity index is 290. The third-order valence-electron chi connectivity index (χ3n) is 4.34. The summed E-state index contributed by atoms with van der Waals surface area (Å²) in [7, 11) is 0. The van der Waals surface area contributed by atoms with Crippen molar-refractivity contribution in [2.45, 2.75) is 51.0 Å². The summed E-state index contributed by atoms with van der Waals surface area (Å²) in [6.45, 7) is 3.04. The maximum absolute atomic E-state index is 12.1. The number of thioether (sulfide) groups is 1. The first-order valence-corrected chi connectivity index (χ1v) is 8.34. The van der Waals surface area contributed by atoms with Crippen LogP contribution in [0, 0.1) is 11.8 Å². The van der Waals surface area contributed by atoms with Gasteiger partial charge in [0.2, 0.25) is 0 Å². The van der Waals surface area contributed by atoms with Gasteiger partial charge in [-0.15, -0.1) is 0 Å². The van der Waals surface area contributed by atoms with Crippen molar-refractivity contribution >= 4 is 17.7 Å². The number of rotatable bonds is 3. The fourth-order valence-corrected chi connectivity index (χ4v) is 4.25. The van der Waals surface area contributed by atoms with Crippen LogP contribution in [0.4, 0.5) is 0 Å². The number of hydrogen-bond donors (Lipinski definition) is 2. The van der Waals surface area contributed by atoms with Crippen molar-refractivity contribution in [1.29, 1.82) is 0 Å². The Kier molecular flexibility index (Phi) is 4.96. The van der Waals surface area contributed by atoms with Crippen LogP contribution in [0.25, 0.3) is 0 Å². The summed E-state index contributed by atoms with van der Waals surface area (Å²) in [6, 6.07) is 0. The van der Waals surface area contributed by atoms with Gasteiger partial charge in [-0.25, -0.2) is 0 Å². The van der Waals surface area contributed by atoms with E-state index in [-0.39, 0.29) is 5.91 Å². The zero-order valence-electron chi connectivity index (χ0n) is 11.3. The predicted octanol–water partition coefficient (Wildman–Crippen LogP) is 2.19. The minimum atomic E-state index is -1.09. The number of carbonyl (C=O) groups is 1. The van der Waals surface area contributed by atoms with Gasteiger partial charge in [-0.2, -0.15) is 11.8 Å². The highest BCUT2D eigenvalue weighted by molar-refractivity contribution is 7.99. The molecular weight excluding hydrogens is 246 g/mol. The van der Waals surface area contributed by atoms with Crippen LogP contribution in [-0.2, 0) is 4.79 Å². The van der Waals surface area contributed by atoms with Gasteiger partial charge in [0, 0.05) is 6.54 Å². The molecule has 2 aliphatic rings. The molecular formula is C14H25NO2S. The van der Waals surface area contributed by atoms with Crippen LogP contribution in [-0.4, -0.2) is 34.7 Å². The molecule has 0 bridgehead atoms. The van der Waals surface area contributed by atoms with E-state index in [1.54, 1.807) is 0 Å². The van der Waals surface area contributed by atoms with Gasteiger partial charge in [0.15, 0.2) is 0 Å². The molecule has 4 heteroatoms. The van der Waals surface area contributed by atoms with E-state index in [9.17, 15) is 9.90 Å². The second kappa shape index (κ2) is 6.29. The quantitative estimate of drug-likeness (QED) is 0.827. The smallest absolute Gasteiger partial charge is 0.252 e. The summed E-state index contributed by atoms with van der Waals surface area (Å²) < 4.78 is 0. The minimum Gasteiger partial charge on any atom is -0.380 e. The molecule has 1 saturated heterocycles. The zero-order chi connectivity index (χ0) is 13.0. The maximum Gasteiger partial charge on any atom is 0.252 e. The van der Waals surface area contributed by atoms with Crippen LogP contribution in [0.15, 0.2) is 0 Å². The lowest BCUT2D eigenvalue weighted by atomic mass is 9.82. The maximum atomic E-state index is 12.1. The largest absolute Gasteiger partial charge is 0.380 e. The molecule has 3 nitrogen and oxygen atoms in total. The molecule has 1 aliphatic carbocycles. The second-order valence-electron chi connectivity index (χ2n) is 5.99. The van der Waals surface area contributed by atoms with Crippen LogP contribution in [0.3, 0.4) is 0 Å². The topological polar surface area (TPSA) is 49.3 Å². The Morgan fingerprint density at radius 2 is 2.11 bits per heavy atom. The van der Waals surface area contributed by atoms with Crippen LogP contribution < -0.4 is 5.32 Å². The highest BCUT2D eigenvalue weighted by Crippen LogP contribution is 2.29. The van der Waals surface area contributed by atoms with Crippen molar-refractivity contribution in [3.63, 3.8) is 0 Å². The molecule has 18 heavy (non-hydrogen) atoms. The van der Waals surface area contributed by atoms with E-state index in [0.717, 1.165) is 24.0 Å². The van der Waals surface area contributed by atoms with Gasteiger partial charge in [0.25, 0.3) is 5.91 Å². The third kappa shape index (κ3) is 3.64. The molecule has 0 aromatic carbocycles. The first-order valence-electron chi connectivity index (χ1n) is 7.18. The summed E-state index contributed by atoms with van der Waals surface area (Å²) in [5.41, 5.74) is -1.09. The van der Waals surface area contributed by atoms with Crippen molar-refractivity contribution in [3.8, 4) is 0 Å². The lowest BCUT2D eigenvalue weighted by molar-refractivity contribution is -0.140. The monoisotopic (exact) mass is 271 g/mol. The number of aliphatic hydroxyl groups is 1. The van der Waals surface area contributed by atoms with Crippen molar-refractivity contribution in [3.05, 3.63) is 0 Å². The van der Waals surface area contributed by atoms with Gasteiger partial charge in [0.1, 0.15) is 5.60 Å². The van der Waals surface area contributed by atoms with Gasteiger partial charge < -0.3 is 10.4 Å². The molecule has 1 saturated carbocycles. The Morgan fingerprint density at radius 1 is 1.39 bits per heavy atom. The van der Waals surface area contributed by atoms with Crippen LogP contribution in [0.2, 0.25) is 0 Å². The van der Waals surface area contributed by atoms with Crippen LogP contribution in [0.5, 0.6) is 0 Å². The molecule has 1 amide bonds. The van der Waals surface area contributed by atoms with Crippen molar-refractivity contribution in [2.75, 3.05) is 18.1 Å². The first-order chi connectivity index (χ1) is 8.60. The van der Waals surface area contributed by atoms with E-state index in [4.69, 9.17) is 0 Å². The van der Waals surface area contributed by atoms with Gasteiger partial charge in [-0.1, -0.05) is 19.8 Å². The fourth-order valence-electron chi connectivity index (χ4n) is 3.08. The number of carbonyl (C=O) groups excluding carboxylic acids is 1. The molecule has 2 atom stereocenters. The van der Waals surface area contributed by atoms with Crippen molar-refractivity contribution < 1.29 is 9.90 Å². The van der Waals surface area contributed by atoms with Gasteiger partial charge in [0.05, 0.1) is 0 Å². The number of hydrogen-bond acceptors (Lipinski definition) is 3. The summed E-state index contributed by atoms with van der Waals surface area (Å²) in [5, 5.41) is 13.3. The summed E-state index contributed by atoms with van der Waals surface area (Å²) in [5.74, 6) is 3.05. The minimum absolute atomic E-state index is 0.138. The van der Waals surface area contributed by atoms with E-state index >= 15 is 0 Å². The molecule has 104 valence electrons. The molecule has 1 aliphatic heterocycles. The average molecular weight is 271 g/mol. The van der Waals surface area contributed by atoms with E-state index < -0.39 is 5.60 Å². The molecule has 0 aromatic heterocycles. The number of nitrogens with one attached hydrogen (secondary N) is 1. The molecule has 0 aromatic rings. The normalized spacial score (nSPS) is 31.9. The lowest BCUT2D eigenvalue weighted by Crippen LogP contribution is -2.50. The summed E-state index contributed by atoms with van der Waals surface area (Å²) >= 11 is 1.82. The SMILES string of the molecule is CC1CCCC(CNC(=O)C2(O)CCSCC2)C1. The molecule has 1 heterocycles. The van der Waals surface area contributed by atoms with E-state index in [2.05, 4.69) is 12.2 Å². The summed E-state index contributed by atoms with van der Waals surface area (Å²) in [6.07, 6.45) is 6.25. The predicted molar refractivity (Wildman–Crippen MR) is 75.6 cm³/mol. The molecule has 2 fully saturated rings. The van der Waals surface area contributed by atoms with E-state index in [0.29, 0.717) is 18.8 Å².